The maximum Gasteiger partial charge on any atom is 0.262 e. The van der Waals surface area contributed by atoms with E-state index >= 15 is 0 Å². The number of anilines is 1. The first-order chi connectivity index (χ1) is 14.2. The van der Waals surface area contributed by atoms with Crippen LogP contribution in [0.3, 0.4) is 0 Å². The maximum absolute atomic E-state index is 12.3. The van der Waals surface area contributed by atoms with Crippen molar-refractivity contribution >= 4 is 17.8 Å². The number of hydrogen-bond acceptors (Lipinski definition) is 5. The molecule has 3 aromatic rings. The molecule has 0 radical (unpaired) electrons. The fourth-order valence-corrected chi connectivity index (χ4v) is 2.61. The molecule has 6 nitrogen and oxygen atoms in total. The Bertz CT molecular complexity index is 974. The Morgan fingerprint density at radius 3 is 2.48 bits per heavy atom. The van der Waals surface area contributed by atoms with Gasteiger partial charge in [-0.1, -0.05) is 42.5 Å². The van der Waals surface area contributed by atoms with Gasteiger partial charge in [0.1, 0.15) is 23.3 Å². The van der Waals surface area contributed by atoms with Gasteiger partial charge in [0, 0.05) is 0 Å². The van der Waals surface area contributed by atoms with Gasteiger partial charge in [-0.15, -0.1) is 0 Å². The summed E-state index contributed by atoms with van der Waals surface area (Å²) in [5.74, 6) is 1.86. The van der Waals surface area contributed by atoms with Crippen molar-refractivity contribution in [3.8, 4) is 17.2 Å². The van der Waals surface area contributed by atoms with Gasteiger partial charge in [0.15, 0.2) is 0 Å². The van der Waals surface area contributed by atoms with E-state index in [2.05, 4.69) is 15.8 Å². The SMILES string of the molecule is COc1ccccc1N[C@H](C)C(=O)N/N=C\c1cccc(Oc2ccccc2)c1. The zero-order valence-electron chi connectivity index (χ0n) is 16.3. The number of hydrogen-bond donors (Lipinski definition) is 2. The van der Waals surface area contributed by atoms with Crippen molar-refractivity contribution in [3.05, 3.63) is 84.4 Å². The van der Waals surface area contributed by atoms with E-state index in [4.69, 9.17) is 9.47 Å². The summed E-state index contributed by atoms with van der Waals surface area (Å²) >= 11 is 0. The molecule has 148 valence electrons. The van der Waals surface area contributed by atoms with Gasteiger partial charge in [-0.3, -0.25) is 4.79 Å². The zero-order valence-corrected chi connectivity index (χ0v) is 16.3. The smallest absolute Gasteiger partial charge is 0.262 e. The molecule has 2 N–H and O–H groups in total. The fourth-order valence-electron chi connectivity index (χ4n) is 2.61. The summed E-state index contributed by atoms with van der Waals surface area (Å²) < 4.78 is 11.1. The van der Waals surface area contributed by atoms with Gasteiger partial charge in [0.05, 0.1) is 19.0 Å². The second-order valence-electron chi connectivity index (χ2n) is 6.29. The normalized spacial score (nSPS) is 11.7. The first kappa shape index (κ1) is 19.9. The van der Waals surface area contributed by atoms with Gasteiger partial charge in [0.25, 0.3) is 5.91 Å². The lowest BCUT2D eigenvalue weighted by Gasteiger charge is -2.15. The number of nitrogens with zero attached hydrogens (tertiary/aromatic N) is 1. The van der Waals surface area contributed by atoms with E-state index in [1.165, 1.54) is 0 Å². The molecule has 0 bridgehead atoms. The summed E-state index contributed by atoms with van der Waals surface area (Å²) in [7, 11) is 1.59. The summed E-state index contributed by atoms with van der Waals surface area (Å²) in [6.45, 7) is 1.76. The number of carbonyl (C=O) groups is 1. The lowest BCUT2D eigenvalue weighted by atomic mass is 10.2. The average molecular weight is 389 g/mol. The first-order valence-electron chi connectivity index (χ1n) is 9.21. The minimum atomic E-state index is -0.490. The maximum atomic E-state index is 12.3. The highest BCUT2D eigenvalue weighted by Gasteiger charge is 2.13. The molecule has 0 aliphatic rings. The quantitative estimate of drug-likeness (QED) is 0.441. The monoisotopic (exact) mass is 389 g/mol. The minimum Gasteiger partial charge on any atom is -0.495 e. The predicted molar refractivity (Wildman–Crippen MR) is 115 cm³/mol. The molecule has 0 fully saturated rings. The fraction of sp³-hybridized carbons (Fsp3) is 0.130. The van der Waals surface area contributed by atoms with Crippen molar-refractivity contribution in [2.24, 2.45) is 5.10 Å². The van der Waals surface area contributed by atoms with Crippen molar-refractivity contribution in [1.29, 1.82) is 0 Å². The summed E-state index contributed by atoms with van der Waals surface area (Å²) in [6.07, 6.45) is 1.57. The molecule has 3 aromatic carbocycles. The third kappa shape index (κ3) is 5.84. The average Bonchev–Trinajstić information content (AvgIpc) is 2.75. The summed E-state index contributed by atoms with van der Waals surface area (Å²) in [6, 6.07) is 23.9. The van der Waals surface area contributed by atoms with Gasteiger partial charge >= 0.3 is 0 Å². The van der Waals surface area contributed by atoms with Gasteiger partial charge in [0.2, 0.25) is 0 Å². The predicted octanol–water partition coefficient (Wildman–Crippen LogP) is 4.44. The van der Waals surface area contributed by atoms with Crippen molar-refractivity contribution in [2.45, 2.75) is 13.0 Å². The molecule has 3 rings (SSSR count). The molecule has 1 atom stereocenters. The lowest BCUT2D eigenvalue weighted by Crippen LogP contribution is -2.35. The van der Waals surface area contributed by atoms with E-state index < -0.39 is 6.04 Å². The minimum absolute atomic E-state index is 0.260. The number of para-hydroxylation sites is 3. The number of nitrogens with one attached hydrogen (secondary N) is 2. The second kappa shape index (κ2) is 9.94. The third-order valence-electron chi connectivity index (χ3n) is 4.10. The standard InChI is InChI=1S/C23H23N3O3/c1-17(25-21-13-6-7-14-22(21)28-2)23(27)26-24-16-18-9-8-12-20(15-18)29-19-10-4-3-5-11-19/h3-17,25H,1-2H3,(H,26,27)/b24-16-/t17-/m1/s1. The lowest BCUT2D eigenvalue weighted by molar-refractivity contribution is -0.121. The van der Waals surface area contributed by atoms with Crippen molar-refractivity contribution < 1.29 is 14.3 Å². The molecule has 0 heterocycles. The Balaban J connectivity index is 1.56. The van der Waals surface area contributed by atoms with E-state index in [1.54, 1.807) is 20.2 Å². The molecular formula is C23H23N3O3. The van der Waals surface area contributed by atoms with E-state index in [1.807, 2.05) is 78.9 Å². The molecule has 1 amide bonds. The van der Waals surface area contributed by atoms with Crippen LogP contribution in [-0.2, 0) is 4.79 Å². The number of methoxy groups -OCH3 is 1. The summed E-state index contributed by atoms with van der Waals surface area (Å²) in [5.41, 5.74) is 4.10. The Hall–Kier alpha value is -3.80. The van der Waals surface area contributed by atoms with Crippen LogP contribution < -0.4 is 20.2 Å². The third-order valence-corrected chi connectivity index (χ3v) is 4.10. The number of benzene rings is 3. The Morgan fingerprint density at radius 1 is 0.966 bits per heavy atom. The van der Waals surface area contributed by atoms with Crippen molar-refractivity contribution in [3.63, 3.8) is 0 Å². The van der Waals surface area contributed by atoms with Crippen LogP contribution in [0, 0.1) is 0 Å². The molecule has 0 saturated heterocycles. The van der Waals surface area contributed by atoms with Crippen LogP contribution in [0.15, 0.2) is 84.0 Å². The van der Waals surface area contributed by atoms with Crippen LogP contribution in [0.2, 0.25) is 0 Å². The molecule has 0 saturated carbocycles. The van der Waals surface area contributed by atoms with Crippen LogP contribution in [-0.4, -0.2) is 25.3 Å². The number of amides is 1. The number of rotatable bonds is 8. The van der Waals surface area contributed by atoms with Gasteiger partial charge in [-0.2, -0.15) is 5.10 Å². The molecule has 29 heavy (non-hydrogen) atoms. The van der Waals surface area contributed by atoms with Crippen LogP contribution in [0.4, 0.5) is 5.69 Å². The zero-order chi connectivity index (χ0) is 20.5. The van der Waals surface area contributed by atoms with E-state index in [-0.39, 0.29) is 5.91 Å². The molecule has 0 aliphatic heterocycles. The van der Waals surface area contributed by atoms with Crippen LogP contribution in [0.5, 0.6) is 17.2 Å². The number of hydrazone groups is 1. The molecule has 0 aromatic heterocycles. The van der Waals surface area contributed by atoms with Gasteiger partial charge in [-0.05, 0) is 48.9 Å². The highest BCUT2D eigenvalue weighted by atomic mass is 16.5. The Labute approximate surface area is 170 Å². The number of ether oxygens (including phenoxy) is 2. The molecule has 0 unspecified atom stereocenters. The summed E-state index contributed by atoms with van der Waals surface area (Å²) in [4.78, 5) is 12.3. The van der Waals surface area contributed by atoms with E-state index in [9.17, 15) is 4.79 Å². The van der Waals surface area contributed by atoms with Gasteiger partial charge < -0.3 is 14.8 Å². The topological polar surface area (TPSA) is 72.0 Å². The highest BCUT2D eigenvalue weighted by Crippen LogP contribution is 2.24. The molecule has 0 spiro atoms. The van der Waals surface area contributed by atoms with Crippen LogP contribution >= 0.6 is 0 Å². The van der Waals surface area contributed by atoms with E-state index in [0.717, 1.165) is 17.0 Å². The molecule has 6 heteroatoms. The Morgan fingerprint density at radius 2 is 1.69 bits per heavy atom. The van der Waals surface area contributed by atoms with Crippen LogP contribution in [0.25, 0.3) is 0 Å². The van der Waals surface area contributed by atoms with E-state index in [0.29, 0.717) is 11.5 Å². The molecule has 0 aliphatic carbocycles. The molecular weight excluding hydrogens is 366 g/mol. The second-order valence-corrected chi connectivity index (χ2v) is 6.29. The van der Waals surface area contributed by atoms with Gasteiger partial charge in [-0.25, -0.2) is 5.43 Å². The highest BCUT2D eigenvalue weighted by molar-refractivity contribution is 5.87. The largest absolute Gasteiger partial charge is 0.495 e. The number of carbonyl (C=O) groups excluding carboxylic acids is 1. The first-order valence-corrected chi connectivity index (χ1v) is 9.21. The van der Waals surface area contributed by atoms with Crippen molar-refractivity contribution in [1.82, 2.24) is 5.43 Å². The Kier molecular flexibility index (Phi) is 6.84. The summed E-state index contributed by atoms with van der Waals surface area (Å²) in [5, 5.41) is 7.16. The van der Waals surface area contributed by atoms with Crippen LogP contribution in [0.1, 0.15) is 12.5 Å². The van der Waals surface area contributed by atoms with Crippen molar-refractivity contribution in [2.75, 3.05) is 12.4 Å².